The molecule has 108 valence electrons. The molecule has 1 aromatic carbocycles. The minimum Gasteiger partial charge on any atom is -0.310 e. The van der Waals surface area contributed by atoms with Crippen molar-refractivity contribution < 1.29 is 4.79 Å². The zero-order valence-corrected chi connectivity index (χ0v) is 12.1. The number of aryl methyl sites for hydroxylation is 2. The first-order valence-corrected chi connectivity index (χ1v) is 6.95. The minimum absolute atomic E-state index is 0.247. The number of anilines is 1. The van der Waals surface area contributed by atoms with Crippen LogP contribution in [0.3, 0.4) is 0 Å². The van der Waals surface area contributed by atoms with Gasteiger partial charge in [-0.25, -0.2) is 4.98 Å². The quantitative estimate of drug-likeness (QED) is 0.799. The van der Waals surface area contributed by atoms with Gasteiger partial charge in [0.05, 0.1) is 11.0 Å². The van der Waals surface area contributed by atoms with Crippen LogP contribution in [0.4, 0.5) is 5.95 Å². The Morgan fingerprint density at radius 3 is 2.81 bits per heavy atom. The van der Waals surface area contributed by atoms with Crippen LogP contribution in [0.5, 0.6) is 0 Å². The number of benzene rings is 1. The second kappa shape index (κ2) is 5.40. The van der Waals surface area contributed by atoms with E-state index < -0.39 is 0 Å². The average Bonchev–Trinajstić information content (AvgIpc) is 3.04. The highest BCUT2D eigenvalue weighted by Crippen LogP contribution is 2.20. The van der Waals surface area contributed by atoms with E-state index >= 15 is 0 Å². The van der Waals surface area contributed by atoms with Crippen molar-refractivity contribution in [2.24, 2.45) is 7.05 Å². The lowest BCUT2D eigenvalue weighted by Gasteiger charge is -2.07. The standard InChI is InChI=1S/C15H17N5O/c1-3-9-20-13-7-5-4-6-11(13)16-15(20)17-14(21)12-8-10-19(2)18-12/h4-8,10H,3,9H2,1-2H3,(H,16,17,21). The number of carbonyl (C=O) groups is 1. The third-order valence-electron chi connectivity index (χ3n) is 3.27. The van der Waals surface area contributed by atoms with Crippen LogP contribution in [0.25, 0.3) is 11.0 Å². The van der Waals surface area contributed by atoms with E-state index in [2.05, 4.69) is 22.3 Å². The molecule has 3 aromatic rings. The maximum absolute atomic E-state index is 12.2. The largest absolute Gasteiger partial charge is 0.310 e. The minimum atomic E-state index is -0.247. The number of para-hydroxylation sites is 2. The van der Waals surface area contributed by atoms with Gasteiger partial charge in [0.1, 0.15) is 0 Å². The highest BCUT2D eigenvalue weighted by atomic mass is 16.2. The lowest BCUT2D eigenvalue weighted by molar-refractivity contribution is 0.102. The predicted octanol–water partition coefficient (Wildman–Crippen LogP) is 2.43. The van der Waals surface area contributed by atoms with Crippen molar-refractivity contribution in [3.63, 3.8) is 0 Å². The second-order valence-corrected chi connectivity index (χ2v) is 4.90. The Hall–Kier alpha value is -2.63. The smallest absolute Gasteiger partial charge is 0.278 e. The maximum atomic E-state index is 12.2. The van der Waals surface area contributed by atoms with Gasteiger partial charge in [0, 0.05) is 19.8 Å². The molecule has 2 heterocycles. The summed E-state index contributed by atoms with van der Waals surface area (Å²) in [7, 11) is 1.78. The molecule has 0 bridgehead atoms. The molecule has 0 saturated carbocycles. The van der Waals surface area contributed by atoms with Crippen LogP contribution in [0.1, 0.15) is 23.8 Å². The maximum Gasteiger partial charge on any atom is 0.278 e. The monoisotopic (exact) mass is 283 g/mol. The summed E-state index contributed by atoms with van der Waals surface area (Å²) in [5, 5.41) is 6.96. The van der Waals surface area contributed by atoms with Gasteiger partial charge in [-0.15, -0.1) is 0 Å². The molecule has 2 aromatic heterocycles. The van der Waals surface area contributed by atoms with Crippen molar-refractivity contribution in [2.75, 3.05) is 5.32 Å². The summed E-state index contributed by atoms with van der Waals surface area (Å²) in [6.45, 7) is 2.90. The molecule has 0 radical (unpaired) electrons. The van der Waals surface area contributed by atoms with E-state index in [1.54, 1.807) is 24.0 Å². The molecule has 0 atom stereocenters. The Labute approximate surface area is 122 Å². The number of carbonyl (C=O) groups excluding carboxylic acids is 1. The number of imidazole rings is 1. The number of nitrogens with one attached hydrogen (secondary N) is 1. The van der Waals surface area contributed by atoms with Gasteiger partial charge in [-0.1, -0.05) is 19.1 Å². The van der Waals surface area contributed by atoms with Gasteiger partial charge in [0.15, 0.2) is 5.69 Å². The fourth-order valence-corrected chi connectivity index (χ4v) is 2.32. The number of nitrogens with zero attached hydrogens (tertiary/aromatic N) is 4. The SMILES string of the molecule is CCCn1c(NC(=O)c2ccn(C)n2)nc2ccccc21. The van der Waals surface area contributed by atoms with E-state index in [9.17, 15) is 4.79 Å². The average molecular weight is 283 g/mol. The molecule has 0 fully saturated rings. The van der Waals surface area contributed by atoms with Crippen LogP contribution < -0.4 is 5.32 Å². The Bertz CT molecular complexity index is 786. The molecule has 6 nitrogen and oxygen atoms in total. The zero-order valence-electron chi connectivity index (χ0n) is 12.1. The predicted molar refractivity (Wildman–Crippen MR) is 81.2 cm³/mol. The van der Waals surface area contributed by atoms with Crippen molar-refractivity contribution >= 4 is 22.9 Å². The molecule has 0 aliphatic rings. The molecule has 0 aliphatic carbocycles. The first kappa shape index (κ1) is 13.4. The lowest BCUT2D eigenvalue weighted by Crippen LogP contribution is -2.17. The topological polar surface area (TPSA) is 64.7 Å². The molecule has 0 unspecified atom stereocenters. The van der Waals surface area contributed by atoms with Crippen molar-refractivity contribution in [1.29, 1.82) is 0 Å². The Morgan fingerprint density at radius 1 is 1.29 bits per heavy atom. The molecule has 3 rings (SSSR count). The number of hydrogen-bond donors (Lipinski definition) is 1. The summed E-state index contributed by atoms with van der Waals surface area (Å²) in [5.41, 5.74) is 2.28. The fraction of sp³-hybridized carbons (Fsp3) is 0.267. The van der Waals surface area contributed by atoms with Crippen LogP contribution in [0, 0.1) is 0 Å². The van der Waals surface area contributed by atoms with E-state index in [-0.39, 0.29) is 5.91 Å². The van der Waals surface area contributed by atoms with Crippen molar-refractivity contribution in [1.82, 2.24) is 19.3 Å². The van der Waals surface area contributed by atoms with E-state index in [1.165, 1.54) is 0 Å². The Kier molecular flexibility index (Phi) is 3.43. The highest BCUT2D eigenvalue weighted by molar-refractivity contribution is 6.02. The van der Waals surface area contributed by atoms with Gasteiger partial charge >= 0.3 is 0 Å². The highest BCUT2D eigenvalue weighted by Gasteiger charge is 2.15. The first-order chi connectivity index (χ1) is 10.2. The van der Waals surface area contributed by atoms with Gasteiger partial charge in [-0.2, -0.15) is 5.10 Å². The third kappa shape index (κ3) is 2.52. The summed E-state index contributed by atoms with van der Waals surface area (Å²) in [5.74, 6) is 0.317. The lowest BCUT2D eigenvalue weighted by atomic mass is 10.3. The number of aromatic nitrogens is 4. The van der Waals surface area contributed by atoms with Gasteiger partial charge in [0.2, 0.25) is 5.95 Å². The molecule has 1 amide bonds. The van der Waals surface area contributed by atoms with Crippen molar-refractivity contribution in [3.05, 3.63) is 42.2 Å². The van der Waals surface area contributed by atoms with E-state index in [0.717, 1.165) is 24.0 Å². The van der Waals surface area contributed by atoms with Crippen LogP contribution >= 0.6 is 0 Å². The number of rotatable bonds is 4. The van der Waals surface area contributed by atoms with Gasteiger partial charge in [0.25, 0.3) is 5.91 Å². The van der Waals surface area contributed by atoms with Crippen molar-refractivity contribution in [2.45, 2.75) is 19.9 Å². The summed E-state index contributed by atoms with van der Waals surface area (Å²) >= 11 is 0. The summed E-state index contributed by atoms with van der Waals surface area (Å²) in [6, 6.07) is 9.55. The van der Waals surface area contributed by atoms with E-state index in [1.807, 2.05) is 28.8 Å². The van der Waals surface area contributed by atoms with Crippen LogP contribution in [0.15, 0.2) is 36.5 Å². The van der Waals surface area contributed by atoms with Gasteiger partial charge in [-0.05, 0) is 24.6 Å². The Morgan fingerprint density at radius 2 is 2.10 bits per heavy atom. The molecular formula is C15H17N5O. The zero-order chi connectivity index (χ0) is 14.8. The van der Waals surface area contributed by atoms with Crippen molar-refractivity contribution in [3.8, 4) is 0 Å². The summed E-state index contributed by atoms with van der Waals surface area (Å²) in [4.78, 5) is 16.7. The molecule has 0 spiro atoms. The van der Waals surface area contributed by atoms with Crippen LogP contribution in [-0.2, 0) is 13.6 Å². The fourth-order valence-electron chi connectivity index (χ4n) is 2.32. The summed E-state index contributed by atoms with van der Waals surface area (Å²) in [6.07, 6.45) is 2.71. The van der Waals surface area contributed by atoms with Gasteiger partial charge in [-0.3, -0.25) is 14.8 Å². The number of amides is 1. The van der Waals surface area contributed by atoms with Crippen LogP contribution in [-0.4, -0.2) is 25.2 Å². The van der Waals surface area contributed by atoms with E-state index in [4.69, 9.17) is 0 Å². The van der Waals surface area contributed by atoms with Gasteiger partial charge < -0.3 is 4.57 Å². The molecular weight excluding hydrogens is 266 g/mol. The number of hydrogen-bond acceptors (Lipinski definition) is 3. The molecule has 6 heteroatoms. The third-order valence-corrected chi connectivity index (χ3v) is 3.27. The molecule has 0 aliphatic heterocycles. The van der Waals surface area contributed by atoms with Crippen LogP contribution in [0.2, 0.25) is 0 Å². The Balaban J connectivity index is 1.96. The molecule has 1 N–H and O–H groups in total. The number of fused-ring (bicyclic) bond motifs is 1. The normalized spacial score (nSPS) is 11.0. The van der Waals surface area contributed by atoms with E-state index in [0.29, 0.717) is 11.6 Å². The summed E-state index contributed by atoms with van der Waals surface area (Å²) < 4.78 is 3.63. The molecule has 0 saturated heterocycles. The molecule has 21 heavy (non-hydrogen) atoms. The first-order valence-electron chi connectivity index (χ1n) is 6.95. The second-order valence-electron chi connectivity index (χ2n) is 4.90.